The summed E-state index contributed by atoms with van der Waals surface area (Å²) < 4.78 is 14.7. The second kappa shape index (κ2) is 12.5. The Morgan fingerprint density at radius 3 is 2.25 bits per heavy atom. The molecule has 1 N–H and O–H groups in total. The Kier molecular flexibility index (Phi) is 8.88. The molecule has 0 spiro atoms. The lowest BCUT2D eigenvalue weighted by Gasteiger charge is -2.33. The monoisotopic (exact) mass is 486 g/mol. The van der Waals surface area contributed by atoms with Crippen molar-refractivity contribution in [3.63, 3.8) is 0 Å². The highest BCUT2D eigenvalue weighted by atomic mass is 19.1. The maximum Gasteiger partial charge on any atom is 0.243 e. The van der Waals surface area contributed by atoms with Crippen molar-refractivity contribution in [1.82, 2.24) is 10.2 Å². The minimum atomic E-state index is -0.744. The number of rotatable bonds is 9. The summed E-state index contributed by atoms with van der Waals surface area (Å²) in [4.78, 5) is 29.1. The summed E-state index contributed by atoms with van der Waals surface area (Å²) in [7, 11) is 0. The number of nitrogens with zero attached hydrogens (tertiary/aromatic N) is 1. The maximum atomic E-state index is 14.7. The Morgan fingerprint density at radius 1 is 0.889 bits per heavy atom. The van der Waals surface area contributed by atoms with Gasteiger partial charge in [-0.05, 0) is 37.0 Å². The highest BCUT2D eigenvalue weighted by Crippen LogP contribution is 2.21. The highest BCUT2D eigenvalue weighted by molar-refractivity contribution is 5.89. The molecule has 4 nitrogen and oxygen atoms in total. The van der Waals surface area contributed by atoms with Crippen molar-refractivity contribution in [2.45, 2.75) is 70.5 Å². The Hall–Kier alpha value is -3.47. The molecule has 2 amide bonds. The van der Waals surface area contributed by atoms with Gasteiger partial charge in [0, 0.05) is 24.6 Å². The van der Waals surface area contributed by atoms with Crippen LogP contribution >= 0.6 is 0 Å². The van der Waals surface area contributed by atoms with Crippen LogP contribution < -0.4 is 5.32 Å². The number of aryl methyl sites for hydroxylation is 1. The van der Waals surface area contributed by atoms with Crippen LogP contribution in [0.25, 0.3) is 0 Å². The standard InChI is InChI=1S/C31H35FN2O2/c1-23-16-18-25(19-17-23)21-30(35)34(22-26-12-8-9-15-28(26)32)29(20-24-10-4-2-5-11-24)31(36)33-27-13-6-3-7-14-27/h2,4-5,8-12,15-19,27,29H,3,6-7,13-14,20-22H2,1H3,(H,33,36)/t29-/m0/s1. The molecule has 3 aromatic rings. The average Bonchev–Trinajstić information content (AvgIpc) is 2.89. The zero-order chi connectivity index (χ0) is 25.3. The van der Waals surface area contributed by atoms with Crippen LogP contribution in [0.2, 0.25) is 0 Å². The normalized spacial score (nSPS) is 14.7. The topological polar surface area (TPSA) is 49.4 Å². The first-order chi connectivity index (χ1) is 17.5. The van der Waals surface area contributed by atoms with Gasteiger partial charge < -0.3 is 10.2 Å². The molecule has 1 aliphatic rings. The molecule has 5 heteroatoms. The summed E-state index contributed by atoms with van der Waals surface area (Å²) in [6.45, 7) is 2.04. The number of carbonyl (C=O) groups is 2. The van der Waals surface area contributed by atoms with Gasteiger partial charge in [0.1, 0.15) is 11.9 Å². The van der Waals surface area contributed by atoms with Crippen LogP contribution in [-0.4, -0.2) is 28.8 Å². The quantitative estimate of drug-likeness (QED) is 0.418. The summed E-state index contributed by atoms with van der Waals surface area (Å²) in [5.74, 6) is -0.738. The summed E-state index contributed by atoms with van der Waals surface area (Å²) in [6, 6.07) is 23.4. The minimum Gasteiger partial charge on any atom is -0.352 e. The number of hydrogen-bond acceptors (Lipinski definition) is 2. The third-order valence-electron chi connectivity index (χ3n) is 7.00. The van der Waals surface area contributed by atoms with Crippen molar-refractivity contribution >= 4 is 11.8 Å². The molecule has 0 heterocycles. The summed E-state index contributed by atoms with van der Waals surface area (Å²) in [6.07, 6.45) is 5.81. The first kappa shape index (κ1) is 25.6. The van der Waals surface area contributed by atoms with E-state index in [1.807, 2.05) is 61.5 Å². The molecule has 0 bridgehead atoms. The molecule has 1 aliphatic carbocycles. The summed E-state index contributed by atoms with van der Waals surface area (Å²) in [5, 5.41) is 3.22. The number of halogens is 1. The van der Waals surface area contributed by atoms with Crippen molar-refractivity contribution in [1.29, 1.82) is 0 Å². The molecule has 0 saturated heterocycles. The Labute approximate surface area is 213 Å². The molecule has 0 radical (unpaired) electrons. The molecule has 1 atom stereocenters. The van der Waals surface area contributed by atoms with E-state index >= 15 is 0 Å². The largest absolute Gasteiger partial charge is 0.352 e. The second-order valence-electron chi connectivity index (χ2n) is 9.82. The zero-order valence-corrected chi connectivity index (χ0v) is 21.0. The number of benzene rings is 3. The first-order valence-corrected chi connectivity index (χ1v) is 12.9. The molecule has 0 unspecified atom stereocenters. The molecule has 1 fully saturated rings. The van der Waals surface area contributed by atoms with Gasteiger partial charge in [0.2, 0.25) is 11.8 Å². The van der Waals surface area contributed by atoms with Crippen LogP contribution in [0.3, 0.4) is 0 Å². The molecule has 3 aromatic carbocycles. The molecule has 4 rings (SSSR count). The predicted molar refractivity (Wildman–Crippen MR) is 141 cm³/mol. The van der Waals surface area contributed by atoms with Crippen molar-refractivity contribution < 1.29 is 14.0 Å². The van der Waals surface area contributed by atoms with Crippen LogP contribution in [0, 0.1) is 12.7 Å². The lowest BCUT2D eigenvalue weighted by molar-refractivity contribution is -0.141. The molecular formula is C31H35FN2O2. The van der Waals surface area contributed by atoms with E-state index in [1.54, 1.807) is 23.1 Å². The Bertz CT molecular complexity index is 1140. The predicted octanol–water partition coefficient (Wildman–Crippen LogP) is 5.77. The van der Waals surface area contributed by atoms with Gasteiger partial charge in [0.05, 0.1) is 6.42 Å². The number of amides is 2. The van der Waals surface area contributed by atoms with Gasteiger partial charge in [0.25, 0.3) is 0 Å². The van der Waals surface area contributed by atoms with E-state index in [0.29, 0.717) is 12.0 Å². The smallest absolute Gasteiger partial charge is 0.243 e. The minimum absolute atomic E-state index is 0.0347. The zero-order valence-electron chi connectivity index (χ0n) is 21.0. The fraction of sp³-hybridized carbons (Fsp3) is 0.355. The van der Waals surface area contributed by atoms with Gasteiger partial charge in [-0.3, -0.25) is 9.59 Å². The lowest BCUT2D eigenvalue weighted by Crippen LogP contribution is -2.53. The lowest BCUT2D eigenvalue weighted by atomic mass is 9.94. The summed E-state index contributed by atoms with van der Waals surface area (Å²) in [5.41, 5.74) is 3.35. The van der Waals surface area contributed by atoms with E-state index < -0.39 is 6.04 Å². The van der Waals surface area contributed by atoms with Crippen LogP contribution in [-0.2, 0) is 29.0 Å². The van der Waals surface area contributed by atoms with Crippen molar-refractivity contribution in [2.75, 3.05) is 0 Å². The van der Waals surface area contributed by atoms with Crippen LogP contribution in [0.5, 0.6) is 0 Å². The van der Waals surface area contributed by atoms with Gasteiger partial charge in [0.15, 0.2) is 0 Å². The highest BCUT2D eigenvalue weighted by Gasteiger charge is 2.32. The van der Waals surface area contributed by atoms with Crippen LogP contribution in [0.1, 0.15) is 54.4 Å². The van der Waals surface area contributed by atoms with Crippen molar-refractivity contribution in [3.8, 4) is 0 Å². The van der Waals surface area contributed by atoms with E-state index in [1.165, 1.54) is 12.5 Å². The number of carbonyl (C=O) groups excluding carboxylic acids is 2. The fourth-order valence-corrected chi connectivity index (χ4v) is 4.89. The molecular weight excluding hydrogens is 451 g/mol. The third kappa shape index (κ3) is 7.03. The van der Waals surface area contributed by atoms with E-state index in [9.17, 15) is 14.0 Å². The van der Waals surface area contributed by atoms with E-state index in [0.717, 1.165) is 42.4 Å². The Morgan fingerprint density at radius 2 is 1.56 bits per heavy atom. The number of nitrogens with one attached hydrogen (secondary N) is 1. The second-order valence-corrected chi connectivity index (χ2v) is 9.82. The average molecular weight is 487 g/mol. The van der Waals surface area contributed by atoms with Crippen molar-refractivity contribution in [2.24, 2.45) is 0 Å². The first-order valence-electron chi connectivity index (χ1n) is 12.9. The van der Waals surface area contributed by atoms with Gasteiger partial charge in [-0.25, -0.2) is 4.39 Å². The maximum absolute atomic E-state index is 14.7. The summed E-state index contributed by atoms with van der Waals surface area (Å²) >= 11 is 0. The molecule has 188 valence electrons. The SMILES string of the molecule is Cc1ccc(CC(=O)N(Cc2ccccc2F)[C@@H](Cc2ccccc2)C(=O)NC2CCCCC2)cc1. The van der Waals surface area contributed by atoms with Gasteiger partial charge in [-0.2, -0.15) is 0 Å². The van der Waals surface area contributed by atoms with Crippen LogP contribution in [0.4, 0.5) is 4.39 Å². The Balaban J connectivity index is 1.65. The van der Waals surface area contributed by atoms with Crippen molar-refractivity contribution in [3.05, 3.63) is 107 Å². The number of hydrogen-bond donors (Lipinski definition) is 1. The third-order valence-corrected chi connectivity index (χ3v) is 7.00. The van der Waals surface area contributed by atoms with E-state index in [-0.39, 0.29) is 36.6 Å². The molecule has 1 saturated carbocycles. The van der Waals surface area contributed by atoms with E-state index in [4.69, 9.17) is 0 Å². The molecule has 36 heavy (non-hydrogen) atoms. The van der Waals surface area contributed by atoms with Crippen LogP contribution in [0.15, 0.2) is 78.9 Å². The molecule has 0 aromatic heterocycles. The van der Waals surface area contributed by atoms with Gasteiger partial charge >= 0.3 is 0 Å². The van der Waals surface area contributed by atoms with Gasteiger partial charge in [-0.15, -0.1) is 0 Å². The van der Waals surface area contributed by atoms with Gasteiger partial charge in [-0.1, -0.05) is 97.6 Å². The molecule has 0 aliphatic heterocycles. The van der Waals surface area contributed by atoms with E-state index in [2.05, 4.69) is 5.32 Å². The fourth-order valence-electron chi connectivity index (χ4n) is 4.89.